The van der Waals surface area contributed by atoms with E-state index in [1.807, 2.05) is 0 Å². The number of piperidine rings is 1. The fraction of sp³-hybridized carbons (Fsp3) is 0.375. The number of methoxy groups -OCH3 is 1. The largest absolute Gasteiger partial charge is 0.383 e. The van der Waals surface area contributed by atoms with Crippen LogP contribution in [0.1, 0.15) is 34.8 Å². The number of hydrogen-bond donors (Lipinski definition) is 4. The van der Waals surface area contributed by atoms with Gasteiger partial charge in [0.1, 0.15) is 28.9 Å². The van der Waals surface area contributed by atoms with E-state index in [0.717, 1.165) is 10.8 Å². The summed E-state index contributed by atoms with van der Waals surface area (Å²) in [6.45, 7) is -0.0332. The monoisotopic (exact) mass is 504 g/mol. The van der Waals surface area contributed by atoms with E-state index in [2.05, 4.69) is 15.7 Å². The van der Waals surface area contributed by atoms with Gasteiger partial charge in [-0.15, -0.1) is 0 Å². The molecule has 1 aliphatic carbocycles. The number of allylic oxidation sites excluding steroid dienone is 2. The summed E-state index contributed by atoms with van der Waals surface area (Å²) < 4.78 is 48.9. The van der Waals surface area contributed by atoms with Crippen LogP contribution < -0.4 is 22.1 Å². The number of amides is 2. The van der Waals surface area contributed by atoms with E-state index in [4.69, 9.17) is 16.2 Å². The number of nitrogen functional groups attached to an aromatic ring is 1. The second kappa shape index (κ2) is 10.2. The van der Waals surface area contributed by atoms with Crippen molar-refractivity contribution in [2.45, 2.75) is 37.5 Å². The number of primary amides is 1. The van der Waals surface area contributed by atoms with Crippen molar-refractivity contribution in [3.8, 4) is 11.3 Å². The van der Waals surface area contributed by atoms with Gasteiger partial charge in [0.05, 0.1) is 12.6 Å². The fourth-order valence-electron chi connectivity index (χ4n) is 4.40. The topological polar surface area (TPSA) is 137 Å². The molecule has 1 aromatic carbocycles. The van der Waals surface area contributed by atoms with Gasteiger partial charge in [-0.2, -0.15) is 5.10 Å². The van der Waals surface area contributed by atoms with Gasteiger partial charge >= 0.3 is 0 Å². The minimum absolute atomic E-state index is 0.0786. The molecule has 192 valence electrons. The highest BCUT2D eigenvalue weighted by Crippen LogP contribution is 2.38. The number of hydrogen-bond acceptors (Lipinski definition) is 6. The summed E-state index contributed by atoms with van der Waals surface area (Å²) in [6.07, 6.45) is 2.30. The Labute approximate surface area is 205 Å². The molecule has 2 aliphatic rings. The van der Waals surface area contributed by atoms with Crippen LogP contribution in [0.15, 0.2) is 47.8 Å². The maximum atomic E-state index is 14.5. The zero-order valence-electron chi connectivity index (χ0n) is 19.6. The third-order valence-corrected chi connectivity index (χ3v) is 6.33. The van der Waals surface area contributed by atoms with Crippen LogP contribution in [0.25, 0.3) is 11.3 Å². The number of halogens is 3. The molecule has 4 rings (SSSR count). The molecule has 2 amide bonds. The summed E-state index contributed by atoms with van der Waals surface area (Å²) in [5.41, 5.74) is 12.9. The lowest BCUT2D eigenvalue weighted by Gasteiger charge is -2.32. The summed E-state index contributed by atoms with van der Waals surface area (Å²) in [6, 6.07) is 5.29. The Hall–Kier alpha value is -3.64. The average Bonchev–Trinajstić information content (AvgIpc) is 3.19. The number of nitrogens with two attached hydrogens (primary N) is 2. The van der Waals surface area contributed by atoms with Crippen molar-refractivity contribution in [1.29, 1.82) is 0 Å². The van der Waals surface area contributed by atoms with Crippen LogP contribution >= 0.6 is 0 Å². The van der Waals surface area contributed by atoms with Crippen molar-refractivity contribution in [3.05, 3.63) is 58.9 Å². The van der Waals surface area contributed by atoms with Gasteiger partial charge in [-0.25, -0.2) is 17.9 Å². The first-order valence-corrected chi connectivity index (χ1v) is 11.4. The molecule has 1 aliphatic heterocycles. The predicted octanol–water partition coefficient (Wildman–Crippen LogP) is 2.22. The molecule has 0 radical (unpaired) electrons. The van der Waals surface area contributed by atoms with Crippen LogP contribution in [-0.4, -0.2) is 53.8 Å². The normalized spacial score (nSPS) is 21.4. The van der Waals surface area contributed by atoms with Crippen molar-refractivity contribution in [1.82, 2.24) is 20.4 Å². The summed E-state index contributed by atoms with van der Waals surface area (Å²) in [5, 5.41) is 9.62. The van der Waals surface area contributed by atoms with Gasteiger partial charge in [-0.1, -0.05) is 24.3 Å². The smallest absolute Gasteiger partial charge is 0.282 e. The molecule has 9 nitrogen and oxygen atoms in total. The zero-order valence-corrected chi connectivity index (χ0v) is 19.6. The van der Waals surface area contributed by atoms with Crippen LogP contribution in [0.4, 0.5) is 19.0 Å². The molecule has 2 aromatic rings. The third kappa shape index (κ3) is 5.00. The van der Waals surface area contributed by atoms with Crippen molar-refractivity contribution in [2.24, 2.45) is 5.73 Å². The highest BCUT2D eigenvalue weighted by molar-refractivity contribution is 6.03. The first kappa shape index (κ1) is 25.5. The van der Waals surface area contributed by atoms with Gasteiger partial charge in [0.15, 0.2) is 0 Å². The quantitative estimate of drug-likeness (QED) is 0.456. The molecule has 1 fully saturated rings. The molecule has 0 saturated carbocycles. The molecule has 2 unspecified atom stereocenters. The predicted molar refractivity (Wildman–Crippen MR) is 127 cm³/mol. The third-order valence-electron chi connectivity index (χ3n) is 6.33. The number of aromatic nitrogens is 2. The Morgan fingerprint density at radius 3 is 2.67 bits per heavy atom. The fourth-order valence-corrected chi connectivity index (χ4v) is 4.40. The van der Waals surface area contributed by atoms with Crippen LogP contribution in [0.2, 0.25) is 0 Å². The van der Waals surface area contributed by atoms with Gasteiger partial charge in [-0.3, -0.25) is 9.59 Å². The number of carbonyl (C=O) groups excluding carboxylic acids is 2. The van der Waals surface area contributed by atoms with Crippen molar-refractivity contribution < 1.29 is 27.5 Å². The average molecular weight is 505 g/mol. The first-order chi connectivity index (χ1) is 17.1. The molecule has 0 bridgehead atoms. The second-order valence-electron chi connectivity index (χ2n) is 8.69. The van der Waals surface area contributed by atoms with Gasteiger partial charge in [-0.05, 0) is 37.1 Å². The molecule has 1 saturated heterocycles. The number of nitrogens with zero attached hydrogens (tertiary/aromatic N) is 2. The molecule has 36 heavy (non-hydrogen) atoms. The van der Waals surface area contributed by atoms with Crippen LogP contribution in [0.3, 0.4) is 0 Å². The minimum Gasteiger partial charge on any atom is -0.383 e. The summed E-state index contributed by atoms with van der Waals surface area (Å²) in [7, 11) is 1.45. The van der Waals surface area contributed by atoms with Crippen LogP contribution in [0, 0.1) is 0 Å². The number of ether oxygens (including phenoxy) is 1. The van der Waals surface area contributed by atoms with E-state index in [1.54, 1.807) is 24.3 Å². The number of benzene rings is 1. The first-order valence-electron chi connectivity index (χ1n) is 11.4. The number of carbonyl (C=O) groups is 2. The molecule has 1 aromatic heterocycles. The van der Waals surface area contributed by atoms with E-state index in [9.17, 15) is 22.8 Å². The van der Waals surface area contributed by atoms with E-state index >= 15 is 0 Å². The summed E-state index contributed by atoms with van der Waals surface area (Å²) in [5.74, 6) is -5.16. The summed E-state index contributed by atoms with van der Waals surface area (Å²) in [4.78, 5) is 24.7. The Kier molecular flexibility index (Phi) is 7.18. The van der Waals surface area contributed by atoms with Crippen molar-refractivity contribution in [3.63, 3.8) is 0 Å². The van der Waals surface area contributed by atoms with Crippen molar-refractivity contribution >= 4 is 17.6 Å². The standard InChI is InChI=1S/C24H27F3N6O3/c1-36-17-7-6-15(25)10-16(17)23(35)31-11-13-2-4-14(5-3-13)20-19(22(29)34)21(28)33(32-20)18-8-9-30-12-24(18,26)27/h2-6,10,17-18,30H,7-9,11-12,28H2,1H3,(H2,29,34)(H,31,35). The highest BCUT2D eigenvalue weighted by atomic mass is 19.3. The Bertz CT molecular complexity index is 1220. The Morgan fingerprint density at radius 1 is 1.31 bits per heavy atom. The molecule has 12 heteroatoms. The number of anilines is 1. The summed E-state index contributed by atoms with van der Waals surface area (Å²) >= 11 is 0. The van der Waals surface area contributed by atoms with E-state index in [-0.39, 0.29) is 42.0 Å². The number of nitrogens with one attached hydrogen (secondary N) is 2. The highest BCUT2D eigenvalue weighted by Gasteiger charge is 2.45. The minimum atomic E-state index is -3.11. The van der Waals surface area contributed by atoms with Gasteiger partial charge in [0.25, 0.3) is 11.8 Å². The number of rotatable bonds is 7. The zero-order chi connectivity index (χ0) is 26.0. The lowest BCUT2D eigenvalue weighted by atomic mass is 10.00. The Morgan fingerprint density at radius 2 is 2.03 bits per heavy atom. The maximum absolute atomic E-state index is 14.5. The molecule has 0 spiro atoms. The van der Waals surface area contributed by atoms with Gasteiger partial charge in [0, 0.05) is 24.8 Å². The van der Waals surface area contributed by atoms with E-state index in [0.29, 0.717) is 17.7 Å². The maximum Gasteiger partial charge on any atom is 0.282 e. The Balaban J connectivity index is 1.54. The lowest BCUT2D eigenvalue weighted by molar-refractivity contribution is -0.118. The van der Waals surface area contributed by atoms with E-state index < -0.39 is 42.3 Å². The van der Waals surface area contributed by atoms with Gasteiger partial charge in [0.2, 0.25) is 5.91 Å². The molecular weight excluding hydrogens is 477 g/mol. The van der Waals surface area contributed by atoms with Crippen LogP contribution in [-0.2, 0) is 16.1 Å². The van der Waals surface area contributed by atoms with Gasteiger partial charge < -0.3 is 26.8 Å². The van der Waals surface area contributed by atoms with Crippen LogP contribution in [0.5, 0.6) is 0 Å². The molecule has 6 N–H and O–H groups in total. The SMILES string of the molecule is COC1CC=C(F)C=C1C(=O)NCc1ccc(-c2nn(C3CCNCC3(F)F)c(N)c2C(N)=O)cc1. The number of alkyl halides is 2. The second-order valence-corrected chi connectivity index (χ2v) is 8.69. The molecule has 2 heterocycles. The molecular formula is C24H27F3N6O3. The molecule has 2 atom stereocenters. The van der Waals surface area contributed by atoms with Crippen molar-refractivity contribution in [2.75, 3.05) is 25.9 Å². The van der Waals surface area contributed by atoms with E-state index in [1.165, 1.54) is 13.2 Å². The lowest BCUT2D eigenvalue weighted by Crippen LogP contribution is -2.47.